The van der Waals surface area contributed by atoms with Crippen LogP contribution in [-0.2, 0) is 13.0 Å². The summed E-state index contributed by atoms with van der Waals surface area (Å²) < 4.78 is 1.50. The van der Waals surface area contributed by atoms with Crippen LogP contribution < -0.4 is 10.9 Å². The molecule has 5 nitrogen and oxygen atoms in total. The normalized spacial score (nSPS) is 10.8. The second-order valence-corrected chi connectivity index (χ2v) is 8.90. The average Bonchev–Trinajstić information content (AvgIpc) is 3.23. The van der Waals surface area contributed by atoms with Crippen LogP contribution in [0.15, 0.2) is 77.0 Å². The third-order valence-electron chi connectivity index (χ3n) is 5.11. The molecule has 0 aliphatic heterocycles. The van der Waals surface area contributed by atoms with Crippen molar-refractivity contribution in [1.29, 1.82) is 0 Å². The highest BCUT2D eigenvalue weighted by molar-refractivity contribution is 7.09. The van der Waals surface area contributed by atoms with Crippen molar-refractivity contribution >= 4 is 28.8 Å². The summed E-state index contributed by atoms with van der Waals surface area (Å²) in [6.07, 6.45) is 2.28. The average molecular weight is 464 g/mol. The zero-order valence-electron chi connectivity index (χ0n) is 17.5. The van der Waals surface area contributed by atoms with Crippen LogP contribution in [0.3, 0.4) is 0 Å². The van der Waals surface area contributed by atoms with Gasteiger partial charge >= 0.3 is 0 Å². The van der Waals surface area contributed by atoms with Crippen LogP contribution in [0.5, 0.6) is 0 Å². The van der Waals surface area contributed by atoms with Crippen LogP contribution in [0.25, 0.3) is 11.3 Å². The third-order valence-corrected chi connectivity index (χ3v) is 6.25. The number of thiazole rings is 1. The first kappa shape index (κ1) is 22.0. The number of nitrogens with one attached hydrogen (secondary N) is 1. The maximum atomic E-state index is 12.6. The number of hydrogen-bond donors (Lipinski definition) is 1. The van der Waals surface area contributed by atoms with Crippen molar-refractivity contribution < 1.29 is 4.79 Å². The van der Waals surface area contributed by atoms with Crippen LogP contribution in [0.1, 0.15) is 26.5 Å². The van der Waals surface area contributed by atoms with Crippen LogP contribution in [0.2, 0.25) is 5.02 Å². The van der Waals surface area contributed by atoms with Gasteiger partial charge in [0.25, 0.3) is 11.5 Å². The van der Waals surface area contributed by atoms with Crippen molar-refractivity contribution in [3.63, 3.8) is 0 Å². The van der Waals surface area contributed by atoms with E-state index in [2.05, 4.69) is 39.9 Å². The van der Waals surface area contributed by atoms with Crippen LogP contribution >= 0.6 is 22.9 Å². The molecule has 0 radical (unpaired) electrons. The van der Waals surface area contributed by atoms with Gasteiger partial charge in [0.2, 0.25) is 0 Å². The summed E-state index contributed by atoms with van der Waals surface area (Å²) >= 11 is 7.84. The second-order valence-electron chi connectivity index (χ2n) is 7.43. The number of pyridine rings is 1. The predicted octanol–water partition coefficient (Wildman–Crippen LogP) is 4.95. The second kappa shape index (κ2) is 9.94. The number of hydrogen-bond acceptors (Lipinski definition) is 4. The van der Waals surface area contributed by atoms with Gasteiger partial charge in [-0.1, -0.05) is 54.1 Å². The first-order valence-electron chi connectivity index (χ1n) is 10.2. The Morgan fingerprint density at radius 2 is 1.88 bits per heavy atom. The van der Waals surface area contributed by atoms with E-state index >= 15 is 0 Å². The van der Waals surface area contributed by atoms with Crippen LogP contribution in [0, 0.1) is 6.92 Å². The summed E-state index contributed by atoms with van der Waals surface area (Å²) in [4.78, 5) is 29.3. The number of aryl methyl sites for hydroxylation is 1. The zero-order chi connectivity index (χ0) is 22.5. The smallest absolute Gasteiger partial charge is 0.252 e. The molecule has 4 rings (SSSR count). The van der Waals surface area contributed by atoms with E-state index in [-0.39, 0.29) is 11.5 Å². The summed E-state index contributed by atoms with van der Waals surface area (Å²) in [5.74, 6) is -0.215. The summed E-state index contributed by atoms with van der Waals surface area (Å²) in [5, 5.41) is 6.61. The molecule has 0 spiro atoms. The van der Waals surface area contributed by atoms with E-state index < -0.39 is 0 Å². The molecule has 0 fully saturated rings. The molecule has 0 saturated heterocycles. The third kappa shape index (κ3) is 5.33. The van der Waals surface area contributed by atoms with Gasteiger partial charge < -0.3 is 9.88 Å². The summed E-state index contributed by atoms with van der Waals surface area (Å²) in [6.45, 7) is 2.80. The number of nitrogens with zero attached hydrogens (tertiary/aromatic N) is 2. The molecule has 0 aliphatic rings. The van der Waals surface area contributed by atoms with E-state index in [0.717, 1.165) is 27.4 Å². The van der Waals surface area contributed by atoms with Gasteiger partial charge in [0.15, 0.2) is 0 Å². The van der Waals surface area contributed by atoms with Gasteiger partial charge in [-0.2, -0.15) is 0 Å². The maximum Gasteiger partial charge on any atom is 0.252 e. The van der Waals surface area contributed by atoms with Crippen molar-refractivity contribution in [3.05, 3.63) is 109 Å². The van der Waals surface area contributed by atoms with E-state index in [4.69, 9.17) is 11.6 Å². The fourth-order valence-corrected chi connectivity index (χ4v) is 4.18. The minimum atomic E-state index is -0.215. The molecule has 32 heavy (non-hydrogen) atoms. The SMILES string of the molecule is Cc1nc(-c2ccc(CCNC(=O)c3ccc(=O)n(Cc4ccccc4Cl)c3)cc2)cs1. The highest BCUT2D eigenvalue weighted by Crippen LogP contribution is 2.22. The molecular formula is C25H22ClN3O2S. The van der Waals surface area contributed by atoms with Crippen LogP contribution in [-0.4, -0.2) is 22.0 Å². The largest absolute Gasteiger partial charge is 0.352 e. The Kier molecular flexibility index (Phi) is 6.83. The molecule has 2 aromatic heterocycles. The fourth-order valence-electron chi connectivity index (χ4n) is 3.36. The van der Waals surface area contributed by atoms with E-state index in [0.29, 0.717) is 30.1 Å². The molecule has 0 aliphatic carbocycles. The fraction of sp³-hybridized carbons (Fsp3) is 0.160. The first-order chi connectivity index (χ1) is 15.5. The van der Waals surface area contributed by atoms with Gasteiger partial charge in [-0.05, 0) is 36.6 Å². The van der Waals surface area contributed by atoms with Gasteiger partial charge in [-0.25, -0.2) is 4.98 Å². The lowest BCUT2D eigenvalue weighted by molar-refractivity contribution is 0.0953. The predicted molar refractivity (Wildman–Crippen MR) is 130 cm³/mol. The van der Waals surface area contributed by atoms with E-state index in [1.807, 2.05) is 25.1 Å². The number of carbonyl (C=O) groups is 1. The lowest BCUT2D eigenvalue weighted by Crippen LogP contribution is -2.28. The highest BCUT2D eigenvalue weighted by Gasteiger charge is 2.09. The van der Waals surface area contributed by atoms with Crippen molar-refractivity contribution in [1.82, 2.24) is 14.9 Å². The molecule has 0 saturated carbocycles. The van der Waals surface area contributed by atoms with E-state index in [1.165, 1.54) is 10.6 Å². The van der Waals surface area contributed by atoms with Crippen LogP contribution in [0.4, 0.5) is 0 Å². The number of aromatic nitrogens is 2. The summed E-state index contributed by atoms with van der Waals surface area (Å²) in [6, 6.07) is 18.5. The molecule has 2 heterocycles. The van der Waals surface area contributed by atoms with E-state index in [9.17, 15) is 9.59 Å². The molecule has 162 valence electrons. The van der Waals surface area contributed by atoms with Crippen molar-refractivity contribution in [2.45, 2.75) is 19.9 Å². The molecule has 1 N–H and O–H groups in total. The topological polar surface area (TPSA) is 64.0 Å². The van der Waals surface area contributed by atoms with Crippen molar-refractivity contribution in [3.8, 4) is 11.3 Å². The standard InChI is InChI=1S/C25H22ClN3O2S/c1-17-28-23(16-32-17)19-8-6-18(7-9-19)12-13-27-25(31)21-10-11-24(30)29(15-21)14-20-4-2-3-5-22(20)26/h2-11,15-16H,12-14H2,1H3,(H,27,31). The Balaban J connectivity index is 1.36. The molecule has 0 atom stereocenters. The Hall–Kier alpha value is -3.22. The molecule has 7 heteroatoms. The maximum absolute atomic E-state index is 12.6. The minimum Gasteiger partial charge on any atom is -0.352 e. The number of rotatable bonds is 7. The van der Waals surface area contributed by atoms with Gasteiger partial charge in [-0.15, -0.1) is 11.3 Å². The Labute approximate surface area is 195 Å². The van der Waals surface area contributed by atoms with Crippen molar-refractivity contribution in [2.24, 2.45) is 0 Å². The number of amides is 1. The van der Waals surface area contributed by atoms with Gasteiger partial charge in [-0.3, -0.25) is 9.59 Å². The van der Waals surface area contributed by atoms with Crippen molar-refractivity contribution in [2.75, 3.05) is 6.54 Å². The first-order valence-corrected chi connectivity index (χ1v) is 11.5. The molecule has 1 amide bonds. The summed E-state index contributed by atoms with van der Waals surface area (Å²) in [5.41, 5.74) is 4.28. The summed E-state index contributed by atoms with van der Waals surface area (Å²) in [7, 11) is 0. The van der Waals surface area contributed by atoms with Gasteiger partial charge in [0.1, 0.15) is 0 Å². The number of benzene rings is 2. The zero-order valence-corrected chi connectivity index (χ0v) is 19.1. The Bertz CT molecular complexity index is 1300. The lowest BCUT2D eigenvalue weighted by Gasteiger charge is -2.10. The Morgan fingerprint density at radius 1 is 1.09 bits per heavy atom. The molecular weight excluding hydrogens is 442 g/mol. The minimum absolute atomic E-state index is 0.183. The molecule has 2 aromatic carbocycles. The molecule has 4 aromatic rings. The molecule has 0 unspecified atom stereocenters. The van der Waals surface area contributed by atoms with Gasteiger partial charge in [0, 0.05) is 34.8 Å². The quantitative estimate of drug-likeness (QED) is 0.421. The monoisotopic (exact) mass is 463 g/mol. The highest BCUT2D eigenvalue weighted by atomic mass is 35.5. The van der Waals surface area contributed by atoms with E-state index in [1.54, 1.807) is 29.7 Å². The van der Waals surface area contributed by atoms with Gasteiger partial charge in [0.05, 0.1) is 22.8 Å². The Morgan fingerprint density at radius 3 is 2.59 bits per heavy atom. The number of carbonyl (C=O) groups excluding carboxylic acids is 1. The molecule has 0 bridgehead atoms. The lowest BCUT2D eigenvalue weighted by atomic mass is 10.1. The number of halogens is 1.